The minimum Gasteiger partial charge on any atom is -0.339 e. The van der Waals surface area contributed by atoms with E-state index in [0.29, 0.717) is 40.1 Å². The van der Waals surface area contributed by atoms with Crippen molar-refractivity contribution in [1.29, 1.82) is 0 Å². The van der Waals surface area contributed by atoms with Gasteiger partial charge in [0, 0.05) is 28.9 Å². The first-order valence-corrected chi connectivity index (χ1v) is 10.4. The highest BCUT2D eigenvalue weighted by molar-refractivity contribution is 6.05. The number of aromatic nitrogens is 4. The summed E-state index contributed by atoms with van der Waals surface area (Å²) in [7, 11) is 0. The summed E-state index contributed by atoms with van der Waals surface area (Å²) in [5.74, 6) is 1.35. The van der Waals surface area contributed by atoms with Crippen LogP contribution in [0.1, 0.15) is 58.0 Å². The predicted molar refractivity (Wildman–Crippen MR) is 118 cm³/mol. The molecule has 32 heavy (non-hydrogen) atoms. The minimum absolute atomic E-state index is 0.0573. The van der Waals surface area contributed by atoms with Gasteiger partial charge < -0.3 is 9.84 Å². The van der Waals surface area contributed by atoms with Gasteiger partial charge in [-0.05, 0) is 63.1 Å². The second-order valence-electron chi connectivity index (χ2n) is 7.94. The van der Waals surface area contributed by atoms with Gasteiger partial charge in [-0.25, -0.2) is 4.68 Å². The molecule has 160 valence electrons. The van der Waals surface area contributed by atoms with Crippen LogP contribution >= 0.6 is 0 Å². The van der Waals surface area contributed by atoms with E-state index in [2.05, 4.69) is 20.6 Å². The monoisotopic (exact) mass is 427 g/mol. The van der Waals surface area contributed by atoms with Crippen molar-refractivity contribution in [3.05, 3.63) is 77.4 Å². The lowest BCUT2D eigenvalue weighted by molar-refractivity contribution is 0.101. The molecule has 5 rings (SSSR count). The number of amides is 1. The number of carbonyl (C=O) groups is 2. The van der Waals surface area contributed by atoms with Gasteiger partial charge in [0.1, 0.15) is 0 Å². The van der Waals surface area contributed by atoms with Gasteiger partial charge in [0.05, 0.1) is 16.9 Å². The topological polar surface area (TPSA) is 103 Å². The van der Waals surface area contributed by atoms with Crippen molar-refractivity contribution in [1.82, 2.24) is 19.9 Å². The Morgan fingerprint density at radius 1 is 1.12 bits per heavy atom. The highest BCUT2D eigenvalue weighted by Gasteiger charge is 2.29. The van der Waals surface area contributed by atoms with Crippen molar-refractivity contribution in [2.24, 2.45) is 0 Å². The maximum atomic E-state index is 12.8. The number of ketones is 1. The number of carbonyl (C=O) groups excluding carboxylic acids is 2. The number of aryl methyl sites for hydroxylation is 1. The molecule has 0 aliphatic heterocycles. The minimum atomic E-state index is -0.287. The molecule has 4 aromatic rings. The maximum absolute atomic E-state index is 12.8. The van der Waals surface area contributed by atoms with E-state index in [1.54, 1.807) is 42.1 Å². The highest BCUT2D eigenvalue weighted by Crippen LogP contribution is 2.39. The van der Waals surface area contributed by atoms with Crippen LogP contribution in [0.25, 0.3) is 17.1 Å². The van der Waals surface area contributed by atoms with Crippen LogP contribution < -0.4 is 5.32 Å². The predicted octanol–water partition coefficient (Wildman–Crippen LogP) is 4.56. The third-order valence-corrected chi connectivity index (χ3v) is 5.43. The summed E-state index contributed by atoms with van der Waals surface area (Å²) in [6.45, 7) is 3.27. The normalized spacial score (nSPS) is 13.2. The van der Waals surface area contributed by atoms with Gasteiger partial charge in [0.25, 0.3) is 5.91 Å². The Kier molecular flexibility index (Phi) is 4.89. The molecule has 1 aliphatic rings. The van der Waals surface area contributed by atoms with Crippen molar-refractivity contribution >= 4 is 17.4 Å². The van der Waals surface area contributed by atoms with Crippen molar-refractivity contribution in [3.63, 3.8) is 0 Å². The van der Waals surface area contributed by atoms with Crippen LogP contribution in [-0.4, -0.2) is 31.6 Å². The third-order valence-electron chi connectivity index (χ3n) is 5.43. The molecular formula is C24H21N5O3. The van der Waals surface area contributed by atoms with Crippen LogP contribution in [0.15, 0.2) is 59.3 Å². The molecule has 0 atom stereocenters. The van der Waals surface area contributed by atoms with Gasteiger partial charge in [0.15, 0.2) is 5.78 Å². The van der Waals surface area contributed by atoms with E-state index in [1.165, 1.54) is 6.92 Å². The molecule has 0 unspecified atom stereocenters. The maximum Gasteiger partial charge on any atom is 0.259 e. The average molecular weight is 427 g/mol. The number of hydrogen-bond donors (Lipinski definition) is 1. The molecule has 1 amide bonds. The van der Waals surface area contributed by atoms with Crippen LogP contribution in [0, 0.1) is 6.92 Å². The van der Waals surface area contributed by atoms with Crippen LogP contribution in [0.3, 0.4) is 0 Å². The standard InChI is InChI=1S/C24H21N5O3/c1-14-21(23(31)25-19-5-3-4-18(12-19)15(2)30)13-29(27-14)20-10-8-16(9-11-20)22-26-24(32-28-22)17-6-7-17/h3-5,8-13,17H,6-7H2,1-2H3,(H,25,31). The fourth-order valence-electron chi connectivity index (χ4n) is 3.44. The zero-order valence-corrected chi connectivity index (χ0v) is 17.7. The average Bonchev–Trinajstić information content (AvgIpc) is 3.39. The summed E-state index contributed by atoms with van der Waals surface area (Å²) in [5, 5.41) is 11.4. The first kappa shape index (κ1) is 19.9. The van der Waals surface area contributed by atoms with Crippen molar-refractivity contribution in [2.75, 3.05) is 5.32 Å². The second-order valence-corrected chi connectivity index (χ2v) is 7.94. The summed E-state index contributed by atoms with van der Waals surface area (Å²) in [5.41, 5.74) is 3.82. The lowest BCUT2D eigenvalue weighted by Gasteiger charge is -2.05. The van der Waals surface area contributed by atoms with Crippen molar-refractivity contribution in [2.45, 2.75) is 32.6 Å². The van der Waals surface area contributed by atoms with Crippen molar-refractivity contribution < 1.29 is 14.1 Å². The summed E-state index contributed by atoms with van der Waals surface area (Å²) < 4.78 is 6.99. The zero-order chi connectivity index (χ0) is 22.2. The summed E-state index contributed by atoms with van der Waals surface area (Å²) in [4.78, 5) is 28.8. The molecule has 8 nitrogen and oxygen atoms in total. The second kappa shape index (κ2) is 7.88. The Morgan fingerprint density at radius 2 is 1.91 bits per heavy atom. The lowest BCUT2D eigenvalue weighted by atomic mass is 10.1. The molecule has 1 N–H and O–H groups in total. The van der Waals surface area contributed by atoms with Gasteiger partial charge in [-0.15, -0.1) is 0 Å². The Bertz CT molecular complexity index is 1320. The Morgan fingerprint density at radius 3 is 2.62 bits per heavy atom. The molecule has 0 saturated heterocycles. The third kappa shape index (κ3) is 3.94. The molecule has 8 heteroatoms. The summed E-state index contributed by atoms with van der Waals surface area (Å²) >= 11 is 0. The number of rotatable bonds is 6. The largest absolute Gasteiger partial charge is 0.339 e. The van der Waals surface area contributed by atoms with E-state index in [1.807, 2.05) is 24.3 Å². The van der Waals surface area contributed by atoms with Gasteiger partial charge in [-0.1, -0.05) is 17.3 Å². The van der Waals surface area contributed by atoms with Crippen LogP contribution in [0.4, 0.5) is 5.69 Å². The SMILES string of the molecule is CC(=O)c1cccc(NC(=O)c2cn(-c3ccc(-c4noc(C5CC5)n4)cc3)nc2C)c1. The number of nitrogens with zero attached hydrogens (tertiary/aromatic N) is 4. The van der Waals surface area contributed by atoms with Crippen molar-refractivity contribution in [3.8, 4) is 17.1 Å². The van der Waals surface area contributed by atoms with E-state index in [4.69, 9.17) is 4.52 Å². The Hall–Kier alpha value is -4.07. The van der Waals surface area contributed by atoms with Crippen LogP contribution in [0.2, 0.25) is 0 Å². The molecule has 1 saturated carbocycles. The van der Waals surface area contributed by atoms with Gasteiger partial charge >= 0.3 is 0 Å². The quantitative estimate of drug-likeness (QED) is 0.453. The van der Waals surface area contributed by atoms with E-state index in [-0.39, 0.29) is 11.7 Å². The molecule has 1 aliphatic carbocycles. The molecule has 2 aromatic carbocycles. The number of benzene rings is 2. The number of hydrogen-bond acceptors (Lipinski definition) is 6. The van der Waals surface area contributed by atoms with Gasteiger partial charge in [0.2, 0.25) is 11.7 Å². The molecule has 0 bridgehead atoms. The first-order chi connectivity index (χ1) is 15.5. The zero-order valence-electron chi connectivity index (χ0n) is 17.7. The molecule has 2 heterocycles. The molecular weight excluding hydrogens is 406 g/mol. The number of anilines is 1. The summed E-state index contributed by atoms with van der Waals surface area (Å²) in [6.07, 6.45) is 3.91. The van der Waals surface area contributed by atoms with Gasteiger partial charge in [-0.2, -0.15) is 10.1 Å². The molecule has 0 radical (unpaired) electrons. The van der Waals surface area contributed by atoms with Crippen LogP contribution in [-0.2, 0) is 0 Å². The molecule has 0 spiro atoms. The molecule has 1 fully saturated rings. The summed E-state index contributed by atoms with van der Waals surface area (Å²) in [6, 6.07) is 14.5. The van der Waals surface area contributed by atoms with Gasteiger partial charge in [-0.3, -0.25) is 9.59 Å². The first-order valence-electron chi connectivity index (χ1n) is 10.4. The van der Waals surface area contributed by atoms with E-state index in [9.17, 15) is 9.59 Å². The van der Waals surface area contributed by atoms with E-state index in [0.717, 1.165) is 24.1 Å². The van der Waals surface area contributed by atoms with E-state index >= 15 is 0 Å². The highest BCUT2D eigenvalue weighted by atomic mass is 16.5. The fourth-order valence-corrected chi connectivity index (χ4v) is 3.44. The Labute approximate surface area is 184 Å². The fraction of sp³-hybridized carbons (Fsp3) is 0.208. The number of nitrogens with one attached hydrogen (secondary N) is 1. The Balaban J connectivity index is 1.34. The molecule has 2 aromatic heterocycles. The van der Waals surface area contributed by atoms with E-state index < -0.39 is 0 Å². The van der Waals surface area contributed by atoms with Crippen LogP contribution in [0.5, 0.6) is 0 Å². The number of Topliss-reactive ketones (excluding diaryl/α,β-unsaturated/α-hetero) is 1. The smallest absolute Gasteiger partial charge is 0.259 e. The lowest BCUT2D eigenvalue weighted by Crippen LogP contribution is -2.12.